The van der Waals surface area contributed by atoms with Gasteiger partial charge in [0.1, 0.15) is 11.5 Å². The highest BCUT2D eigenvalue weighted by molar-refractivity contribution is 5.42. The monoisotopic (exact) mass is 239 g/mol. The van der Waals surface area contributed by atoms with Crippen molar-refractivity contribution in [2.24, 2.45) is 5.73 Å². The lowest BCUT2D eigenvalue weighted by Crippen LogP contribution is -2.28. The second-order valence-electron chi connectivity index (χ2n) is 4.01. The van der Waals surface area contributed by atoms with E-state index in [2.05, 4.69) is 0 Å². The smallest absolute Gasteiger partial charge is 0.124 e. The van der Waals surface area contributed by atoms with Gasteiger partial charge in [0.2, 0.25) is 0 Å². The Morgan fingerprint density at radius 2 is 2.00 bits per heavy atom. The Kier molecular flexibility index (Phi) is 5.25. The number of hydrogen-bond donors (Lipinski definition) is 2. The lowest BCUT2D eigenvalue weighted by atomic mass is 9.98. The molecule has 2 atom stereocenters. The minimum Gasteiger partial charge on any atom is -0.497 e. The Hall–Kier alpha value is -1.26. The molecule has 0 radical (unpaired) electrons. The quantitative estimate of drug-likeness (QED) is 0.795. The van der Waals surface area contributed by atoms with Gasteiger partial charge in [-0.15, -0.1) is 0 Å². The van der Waals surface area contributed by atoms with Gasteiger partial charge in [-0.3, -0.25) is 0 Å². The molecular weight excluding hydrogens is 218 g/mol. The highest BCUT2D eigenvalue weighted by Gasteiger charge is 2.20. The molecule has 0 saturated heterocycles. The lowest BCUT2D eigenvalue weighted by Gasteiger charge is -2.21. The van der Waals surface area contributed by atoms with Crippen molar-refractivity contribution in [3.05, 3.63) is 23.8 Å². The van der Waals surface area contributed by atoms with Crippen molar-refractivity contribution < 1.29 is 14.6 Å². The maximum atomic E-state index is 10.2. The molecule has 4 heteroatoms. The highest BCUT2D eigenvalue weighted by Crippen LogP contribution is 2.31. The van der Waals surface area contributed by atoms with Crippen LogP contribution in [0, 0.1) is 0 Å². The van der Waals surface area contributed by atoms with E-state index in [1.807, 2.05) is 6.92 Å². The average Bonchev–Trinajstić information content (AvgIpc) is 2.37. The SMILES string of the molecule is CCCC(N)C(O)c1cc(OC)ccc1OC. The van der Waals surface area contributed by atoms with Crippen LogP contribution >= 0.6 is 0 Å². The fraction of sp³-hybridized carbons (Fsp3) is 0.538. The third kappa shape index (κ3) is 3.35. The van der Waals surface area contributed by atoms with Gasteiger partial charge >= 0.3 is 0 Å². The fourth-order valence-electron chi connectivity index (χ4n) is 1.79. The normalized spacial score (nSPS) is 14.2. The Bertz CT molecular complexity index is 355. The van der Waals surface area contributed by atoms with Crippen molar-refractivity contribution >= 4 is 0 Å². The average molecular weight is 239 g/mol. The number of nitrogens with two attached hydrogens (primary N) is 1. The molecule has 1 aromatic carbocycles. The Labute approximate surface area is 102 Å². The van der Waals surface area contributed by atoms with Crippen molar-refractivity contribution in [3.8, 4) is 11.5 Å². The Balaban J connectivity index is 3.00. The first-order valence-corrected chi connectivity index (χ1v) is 5.79. The van der Waals surface area contributed by atoms with E-state index >= 15 is 0 Å². The molecule has 2 unspecified atom stereocenters. The summed E-state index contributed by atoms with van der Waals surface area (Å²) in [5.41, 5.74) is 6.60. The molecule has 1 aromatic rings. The van der Waals surface area contributed by atoms with Gasteiger partial charge in [-0.05, 0) is 24.6 Å². The maximum Gasteiger partial charge on any atom is 0.124 e. The molecule has 0 aliphatic carbocycles. The van der Waals surface area contributed by atoms with Crippen LogP contribution in [0.4, 0.5) is 0 Å². The first-order chi connectivity index (χ1) is 8.13. The van der Waals surface area contributed by atoms with E-state index in [1.54, 1.807) is 32.4 Å². The van der Waals surface area contributed by atoms with E-state index < -0.39 is 6.10 Å². The van der Waals surface area contributed by atoms with Gasteiger partial charge in [0.25, 0.3) is 0 Å². The van der Waals surface area contributed by atoms with E-state index in [0.717, 1.165) is 12.8 Å². The predicted molar refractivity (Wildman–Crippen MR) is 67.4 cm³/mol. The molecule has 0 bridgehead atoms. The molecule has 3 N–H and O–H groups in total. The minimum absolute atomic E-state index is 0.291. The first kappa shape index (κ1) is 13.8. The molecular formula is C13H21NO3. The molecule has 0 amide bonds. The van der Waals surface area contributed by atoms with Gasteiger partial charge in [-0.1, -0.05) is 13.3 Å². The maximum absolute atomic E-state index is 10.2. The second-order valence-corrected chi connectivity index (χ2v) is 4.01. The van der Waals surface area contributed by atoms with Crippen LogP contribution in [0.1, 0.15) is 31.4 Å². The summed E-state index contributed by atoms with van der Waals surface area (Å²) in [5.74, 6) is 1.31. The number of aliphatic hydroxyl groups excluding tert-OH is 1. The molecule has 0 saturated carbocycles. The largest absolute Gasteiger partial charge is 0.497 e. The van der Waals surface area contributed by atoms with E-state index in [0.29, 0.717) is 17.1 Å². The number of benzene rings is 1. The molecule has 0 aliphatic rings. The Morgan fingerprint density at radius 3 is 2.53 bits per heavy atom. The summed E-state index contributed by atoms with van der Waals surface area (Å²) in [5, 5.41) is 10.2. The van der Waals surface area contributed by atoms with Crippen LogP contribution in [-0.2, 0) is 0 Å². The first-order valence-electron chi connectivity index (χ1n) is 5.79. The van der Waals surface area contributed by atoms with Gasteiger partial charge in [0.15, 0.2) is 0 Å². The van der Waals surface area contributed by atoms with Crippen LogP contribution in [0.5, 0.6) is 11.5 Å². The van der Waals surface area contributed by atoms with E-state index in [-0.39, 0.29) is 6.04 Å². The molecule has 0 spiro atoms. The van der Waals surface area contributed by atoms with Gasteiger partial charge in [0, 0.05) is 11.6 Å². The van der Waals surface area contributed by atoms with Gasteiger partial charge in [-0.2, -0.15) is 0 Å². The summed E-state index contributed by atoms with van der Waals surface area (Å²) >= 11 is 0. The van der Waals surface area contributed by atoms with Gasteiger partial charge < -0.3 is 20.3 Å². The molecule has 17 heavy (non-hydrogen) atoms. The zero-order valence-electron chi connectivity index (χ0n) is 10.6. The summed E-state index contributed by atoms with van der Waals surface area (Å²) in [6.45, 7) is 2.04. The summed E-state index contributed by atoms with van der Waals surface area (Å²) in [7, 11) is 3.16. The molecule has 0 aliphatic heterocycles. The van der Waals surface area contributed by atoms with Crippen LogP contribution in [0.25, 0.3) is 0 Å². The summed E-state index contributed by atoms with van der Waals surface area (Å²) in [6, 6.07) is 5.04. The van der Waals surface area contributed by atoms with Gasteiger partial charge in [0.05, 0.1) is 20.3 Å². The van der Waals surface area contributed by atoms with Crippen molar-refractivity contribution in [1.82, 2.24) is 0 Å². The standard InChI is InChI=1S/C13H21NO3/c1-4-5-11(14)13(15)10-8-9(16-2)6-7-12(10)17-3/h6-8,11,13,15H,4-5,14H2,1-3H3. The lowest BCUT2D eigenvalue weighted by molar-refractivity contribution is 0.138. The molecule has 0 heterocycles. The zero-order chi connectivity index (χ0) is 12.8. The summed E-state index contributed by atoms with van der Waals surface area (Å²) in [6.07, 6.45) is 0.964. The zero-order valence-corrected chi connectivity index (χ0v) is 10.6. The number of ether oxygens (including phenoxy) is 2. The Morgan fingerprint density at radius 1 is 1.29 bits per heavy atom. The summed E-state index contributed by atoms with van der Waals surface area (Å²) in [4.78, 5) is 0. The number of methoxy groups -OCH3 is 2. The molecule has 96 valence electrons. The van der Waals surface area contributed by atoms with Crippen LogP contribution in [0.2, 0.25) is 0 Å². The van der Waals surface area contributed by atoms with Crippen molar-refractivity contribution in [3.63, 3.8) is 0 Å². The predicted octanol–water partition coefficient (Wildman–Crippen LogP) is 1.86. The van der Waals surface area contributed by atoms with Crippen molar-refractivity contribution in [1.29, 1.82) is 0 Å². The molecule has 0 aromatic heterocycles. The van der Waals surface area contributed by atoms with E-state index in [9.17, 15) is 5.11 Å². The second kappa shape index (κ2) is 6.47. The van der Waals surface area contributed by atoms with E-state index in [4.69, 9.17) is 15.2 Å². The number of aliphatic hydroxyl groups is 1. The molecule has 1 rings (SSSR count). The van der Waals surface area contributed by atoms with Crippen LogP contribution in [-0.4, -0.2) is 25.4 Å². The van der Waals surface area contributed by atoms with Crippen LogP contribution in [0.15, 0.2) is 18.2 Å². The number of rotatable bonds is 6. The fourth-order valence-corrected chi connectivity index (χ4v) is 1.79. The van der Waals surface area contributed by atoms with Crippen molar-refractivity contribution in [2.45, 2.75) is 31.9 Å². The highest BCUT2D eigenvalue weighted by atomic mass is 16.5. The summed E-state index contributed by atoms with van der Waals surface area (Å²) < 4.78 is 10.4. The van der Waals surface area contributed by atoms with E-state index in [1.165, 1.54) is 0 Å². The number of hydrogen-bond acceptors (Lipinski definition) is 4. The third-order valence-electron chi connectivity index (χ3n) is 2.78. The third-order valence-corrected chi connectivity index (χ3v) is 2.78. The van der Waals surface area contributed by atoms with Crippen LogP contribution < -0.4 is 15.2 Å². The van der Waals surface area contributed by atoms with Crippen molar-refractivity contribution in [2.75, 3.05) is 14.2 Å². The minimum atomic E-state index is -0.736. The van der Waals surface area contributed by atoms with Gasteiger partial charge in [-0.25, -0.2) is 0 Å². The van der Waals surface area contributed by atoms with Crippen LogP contribution in [0.3, 0.4) is 0 Å². The topological polar surface area (TPSA) is 64.7 Å². The molecule has 4 nitrogen and oxygen atoms in total. The molecule has 0 fully saturated rings.